The Morgan fingerprint density at radius 2 is 1.95 bits per heavy atom. The van der Waals surface area contributed by atoms with Crippen molar-refractivity contribution < 1.29 is 4.42 Å². The number of hydrogen-bond donors (Lipinski definition) is 1. The molecule has 21 heavy (non-hydrogen) atoms. The van der Waals surface area contributed by atoms with Crippen molar-refractivity contribution in [2.24, 2.45) is 11.7 Å². The average molecular weight is 301 g/mol. The molecule has 112 valence electrons. The van der Waals surface area contributed by atoms with E-state index in [1.165, 1.54) is 24.8 Å². The number of benzene rings is 1. The molecule has 1 saturated carbocycles. The maximum Gasteiger partial charge on any atom is 0.113 e. The van der Waals surface area contributed by atoms with E-state index >= 15 is 0 Å². The first-order chi connectivity index (χ1) is 10.4. The molecule has 1 fully saturated rings. The molecule has 1 aromatic heterocycles. The summed E-state index contributed by atoms with van der Waals surface area (Å²) in [5.74, 6) is 3.35. The van der Waals surface area contributed by atoms with E-state index in [1.807, 2.05) is 17.8 Å². The third kappa shape index (κ3) is 3.72. The van der Waals surface area contributed by atoms with Gasteiger partial charge in [0.05, 0.1) is 12.0 Å². The second-order valence-electron chi connectivity index (χ2n) is 5.85. The van der Waals surface area contributed by atoms with E-state index in [-0.39, 0.29) is 0 Å². The molecule has 0 radical (unpaired) electrons. The van der Waals surface area contributed by atoms with E-state index in [0.717, 1.165) is 18.1 Å². The monoisotopic (exact) mass is 301 g/mol. The quantitative estimate of drug-likeness (QED) is 0.888. The molecule has 0 aliphatic heterocycles. The van der Waals surface area contributed by atoms with Gasteiger partial charge in [0.25, 0.3) is 0 Å². The van der Waals surface area contributed by atoms with Crippen LogP contribution in [-0.4, -0.2) is 11.8 Å². The minimum atomic E-state index is 0.638. The summed E-state index contributed by atoms with van der Waals surface area (Å²) in [6.07, 6.45) is 5.50. The molecule has 0 bridgehead atoms. The van der Waals surface area contributed by atoms with Gasteiger partial charge in [0.15, 0.2) is 0 Å². The van der Waals surface area contributed by atoms with Gasteiger partial charge in [-0.1, -0.05) is 30.3 Å². The number of thioether (sulfide) groups is 1. The lowest BCUT2D eigenvalue weighted by Crippen LogP contribution is -2.31. The zero-order valence-electron chi connectivity index (χ0n) is 12.3. The van der Waals surface area contributed by atoms with Crippen LogP contribution in [-0.2, 0) is 5.75 Å². The zero-order chi connectivity index (χ0) is 14.5. The molecule has 2 aromatic rings. The van der Waals surface area contributed by atoms with Crippen LogP contribution in [0, 0.1) is 5.92 Å². The first-order valence-corrected chi connectivity index (χ1v) is 8.80. The Kier molecular flexibility index (Phi) is 5.04. The highest BCUT2D eigenvalue weighted by Crippen LogP contribution is 2.41. The van der Waals surface area contributed by atoms with Crippen LogP contribution in [0.1, 0.15) is 36.5 Å². The van der Waals surface area contributed by atoms with Crippen molar-refractivity contribution >= 4 is 11.8 Å². The van der Waals surface area contributed by atoms with E-state index in [9.17, 15) is 0 Å². The van der Waals surface area contributed by atoms with Crippen LogP contribution in [0.2, 0.25) is 0 Å². The smallest absolute Gasteiger partial charge is 0.113 e. The minimum absolute atomic E-state index is 0.638. The summed E-state index contributed by atoms with van der Waals surface area (Å²) in [5.41, 5.74) is 7.47. The van der Waals surface area contributed by atoms with Gasteiger partial charge in [0, 0.05) is 5.25 Å². The third-order valence-corrected chi connectivity index (χ3v) is 5.98. The highest BCUT2D eigenvalue weighted by Gasteiger charge is 2.30. The van der Waals surface area contributed by atoms with Gasteiger partial charge >= 0.3 is 0 Å². The molecule has 2 N–H and O–H groups in total. The lowest BCUT2D eigenvalue weighted by Gasteiger charge is -2.35. The first kappa shape index (κ1) is 14.7. The molecule has 0 amide bonds. The van der Waals surface area contributed by atoms with Gasteiger partial charge in [-0.05, 0) is 55.3 Å². The van der Waals surface area contributed by atoms with Gasteiger partial charge in [-0.15, -0.1) is 0 Å². The van der Waals surface area contributed by atoms with Crippen LogP contribution in [0.15, 0.2) is 53.1 Å². The van der Waals surface area contributed by atoms with E-state index in [4.69, 9.17) is 10.2 Å². The summed E-state index contributed by atoms with van der Waals surface area (Å²) in [5, 5.41) is 0.638. The molecule has 1 aromatic carbocycles. The molecule has 3 atom stereocenters. The van der Waals surface area contributed by atoms with Crippen molar-refractivity contribution in [2.45, 2.75) is 36.2 Å². The lowest BCUT2D eigenvalue weighted by molar-refractivity contribution is 0.343. The molecule has 1 aliphatic rings. The third-order valence-electron chi connectivity index (χ3n) is 4.52. The average Bonchev–Trinajstić information content (AvgIpc) is 3.07. The number of nitrogens with two attached hydrogens (primary N) is 1. The van der Waals surface area contributed by atoms with Crippen molar-refractivity contribution in [3.05, 3.63) is 60.1 Å². The molecule has 1 aliphatic carbocycles. The fourth-order valence-corrected chi connectivity index (χ4v) is 4.71. The molecule has 0 spiro atoms. The normalized spacial score (nSPS) is 25.9. The standard InChI is InChI=1S/C18H23NOS/c19-12-16-9-8-15(14-5-2-1-3-6-14)11-18(16)21-13-17-7-4-10-20-17/h1-7,10,15-16,18H,8-9,11-13,19H2. The van der Waals surface area contributed by atoms with Crippen LogP contribution in [0.25, 0.3) is 0 Å². The van der Waals surface area contributed by atoms with Gasteiger partial charge in [-0.25, -0.2) is 0 Å². The maximum absolute atomic E-state index is 5.99. The number of hydrogen-bond acceptors (Lipinski definition) is 3. The van der Waals surface area contributed by atoms with Crippen molar-refractivity contribution in [3.8, 4) is 0 Å². The molecule has 3 heteroatoms. The second kappa shape index (κ2) is 7.19. The lowest BCUT2D eigenvalue weighted by atomic mass is 9.78. The molecule has 3 unspecified atom stereocenters. The van der Waals surface area contributed by atoms with E-state index in [1.54, 1.807) is 6.26 Å². The van der Waals surface area contributed by atoms with Crippen LogP contribution in [0.4, 0.5) is 0 Å². The molecule has 3 rings (SSSR count). The van der Waals surface area contributed by atoms with E-state index < -0.39 is 0 Å². The van der Waals surface area contributed by atoms with Gasteiger partial charge in [0.1, 0.15) is 5.76 Å². The highest BCUT2D eigenvalue weighted by atomic mass is 32.2. The Hall–Kier alpha value is -1.19. The predicted molar refractivity (Wildman–Crippen MR) is 89.4 cm³/mol. The fraction of sp³-hybridized carbons (Fsp3) is 0.444. The highest BCUT2D eigenvalue weighted by molar-refractivity contribution is 7.99. The summed E-state index contributed by atoms with van der Waals surface area (Å²) in [6, 6.07) is 14.9. The van der Waals surface area contributed by atoms with Gasteiger partial charge in [-0.2, -0.15) is 11.8 Å². The van der Waals surface area contributed by atoms with Crippen molar-refractivity contribution in [1.29, 1.82) is 0 Å². The van der Waals surface area contributed by atoms with Crippen molar-refractivity contribution in [2.75, 3.05) is 6.54 Å². The molecule has 2 nitrogen and oxygen atoms in total. The van der Waals surface area contributed by atoms with E-state index in [2.05, 4.69) is 36.4 Å². The van der Waals surface area contributed by atoms with Crippen molar-refractivity contribution in [3.63, 3.8) is 0 Å². The van der Waals surface area contributed by atoms with Gasteiger partial charge < -0.3 is 10.2 Å². The topological polar surface area (TPSA) is 39.2 Å². The SMILES string of the molecule is NCC1CCC(c2ccccc2)CC1SCc1ccco1. The molecular weight excluding hydrogens is 278 g/mol. The number of rotatable bonds is 5. The summed E-state index contributed by atoms with van der Waals surface area (Å²) < 4.78 is 5.45. The van der Waals surface area contributed by atoms with Crippen LogP contribution in [0.3, 0.4) is 0 Å². The van der Waals surface area contributed by atoms with E-state index in [0.29, 0.717) is 17.1 Å². The predicted octanol–water partition coefficient (Wildman–Crippen LogP) is 4.42. The molecule has 1 heterocycles. The zero-order valence-corrected chi connectivity index (χ0v) is 13.1. The Labute approximate surface area is 131 Å². The molecular formula is C18H23NOS. The Bertz CT molecular complexity index is 525. The second-order valence-corrected chi connectivity index (χ2v) is 7.07. The summed E-state index contributed by atoms with van der Waals surface area (Å²) in [6.45, 7) is 0.803. The Morgan fingerprint density at radius 3 is 2.67 bits per heavy atom. The Balaban J connectivity index is 1.64. The van der Waals surface area contributed by atoms with Crippen LogP contribution < -0.4 is 5.73 Å². The number of furan rings is 1. The fourth-order valence-electron chi connectivity index (χ4n) is 3.28. The Morgan fingerprint density at radius 1 is 1.10 bits per heavy atom. The summed E-state index contributed by atoms with van der Waals surface area (Å²) in [7, 11) is 0. The van der Waals surface area contributed by atoms with Crippen LogP contribution in [0.5, 0.6) is 0 Å². The first-order valence-electron chi connectivity index (χ1n) is 7.76. The van der Waals surface area contributed by atoms with Gasteiger partial charge in [-0.3, -0.25) is 0 Å². The summed E-state index contributed by atoms with van der Waals surface area (Å²) in [4.78, 5) is 0. The van der Waals surface area contributed by atoms with Gasteiger partial charge in [0.2, 0.25) is 0 Å². The van der Waals surface area contributed by atoms with Crippen molar-refractivity contribution in [1.82, 2.24) is 0 Å². The minimum Gasteiger partial charge on any atom is -0.468 e. The largest absolute Gasteiger partial charge is 0.468 e. The maximum atomic E-state index is 5.99. The summed E-state index contributed by atoms with van der Waals surface area (Å²) >= 11 is 2.01. The van der Waals surface area contributed by atoms with Crippen LogP contribution >= 0.6 is 11.8 Å². The molecule has 0 saturated heterocycles.